The second-order valence-electron chi connectivity index (χ2n) is 5.67. The van der Waals surface area contributed by atoms with Gasteiger partial charge in [-0.05, 0) is 41.3 Å². The minimum Gasteiger partial charge on any atom is -0.402 e. The number of carbonyl (C=O) groups is 1. The number of benzene rings is 2. The Morgan fingerprint density at radius 1 is 1.13 bits per heavy atom. The Hall–Kier alpha value is -2.20. The third kappa shape index (κ3) is 3.59. The largest absolute Gasteiger partial charge is 0.402 e. The molecule has 0 radical (unpaired) electrons. The van der Waals surface area contributed by atoms with Crippen molar-refractivity contribution >= 4 is 33.9 Å². The van der Waals surface area contributed by atoms with Crippen LogP contribution in [0, 0.1) is 0 Å². The fraction of sp³-hybridized carbons (Fsp3) is 0.158. The molecule has 1 heterocycles. The van der Waals surface area contributed by atoms with E-state index in [0.717, 1.165) is 15.6 Å². The molecule has 1 aliphatic heterocycles. The van der Waals surface area contributed by atoms with Crippen LogP contribution in [0.2, 0.25) is 0 Å². The zero-order valence-corrected chi connectivity index (χ0v) is 14.5. The van der Waals surface area contributed by atoms with Crippen LogP contribution in [-0.4, -0.2) is 11.9 Å². The first kappa shape index (κ1) is 15.7. The molecule has 0 atom stereocenters. The molecule has 0 saturated carbocycles. The summed E-state index contributed by atoms with van der Waals surface area (Å²) in [6.07, 6.45) is 1.75. The van der Waals surface area contributed by atoms with E-state index in [4.69, 9.17) is 4.74 Å². The Morgan fingerprint density at radius 3 is 2.52 bits per heavy atom. The molecule has 0 aliphatic carbocycles. The smallest absolute Gasteiger partial charge is 0.363 e. The Morgan fingerprint density at radius 2 is 1.87 bits per heavy atom. The van der Waals surface area contributed by atoms with Crippen molar-refractivity contribution in [1.82, 2.24) is 0 Å². The summed E-state index contributed by atoms with van der Waals surface area (Å²) in [5, 5.41) is 0. The molecule has 23 heavy (non-hydrogen) atoms. The SMILES string of the molecule is CC(C)c1ccc(/C=C2\N=C(c3cccc(Br)c3)OC2=O)cc1. The lowest BCUT2D eigenvalue weighted by atomic mass is 10.0. The summed E-state index contributed by atoms with van der Waals surface area (Å²) in [5.74, 6) is 0.392. The van der Waals surface area contributed by atoms with Crippen LogP contribution in [0.3, 0.4) is 0 Å². The molecule has 2 aromatic carbocycles. The van der Waals surface area contributed by atoms with Crippen molar-refractivity contribution in [2.75, 3.05) is 0 Å². The molecule has 0 unspecified atom stereocenters. The molecule has 4 heteroatoms. The van der Waals surface area contributed by atoms with Gasteiger partial charge >= 0.3 is 5.97 Å². The van der Waals surface area contributed by atoms with E-state index < -0.39 is 5.97 Å². The van der Waals surface area contributed by atoms with Crippen molar-refractivity contribution < 1.29 is 9.53 Å². The highest BCUT2D eigenvalue weighted by Gasteiger charge is 2.24. The fourth-order valence-electron chi connectivity index (χ4n) is 2.29. The third-order valence-corrected chi connectivity index (χ3v) is 4.09. The molecular formula is C19H16BrNO2. The highest BCUT2D eigenvalue weighted by molar-refractivity contribution is 9.10. The maximum atomic E-state index is 12.0. The molecule has 0 fully saturated rings. The van der Waals surface area contributed by atoms with Crippen molar-refractivity contribution in [2.45, 2.75) is 19.8 Å². The average molecular weight is 370 g/mol. The van der Waals surface area contributed by atoms with Crippen molar-refractivity contribution in [2.24, 2.45) is 4.99 Å². The van der Waals surface area contributed by atoms with Crippen LogP contribution >= 0.6 is 15.9 Å². The Kier molecular flexibility index (Phi) is 4.44. The predicted molar refractivity (Wildman–Crippen MR) is 95.3 cm³/mol. The van der Waals surface area contributed by atoms with Crippen LogP contribution in [0.15, 0.2) is 63.7 Å². The summed E-state index contributed by atoms with van der Waals surface area (Å²) in [6.45, 7) is 4.30. The molecule has 0 amide bonds. The van der Waals surface area contributed by atoms with Crippen molar-refractivity contribution in [3.05, 3.63) is 75.4 Å². The maximum Gasteiger partial charge on any atom is 0.363 e. The number of rotatable bonds is 3. The molecule has 1 aliphatic rings. The number of nitrogens with zero attached hydrogens (tertiary/aromatic N) is 1. The number of hydrogen-bond donors (Lipinski definition) is 0. The lowest BCUT2D eigenvalue weighted by Crippen LogP contribution is -2.05. The van der Waals surface area contributed by atoms with Gasteiger partial charge in [0.1, 0.15) is 0 Å². The van der Waals surface area contributed by atoms with Crippen LogP contribution < -0.4 is 0 Å². The van der Waals surface area contributed by atoms with E-state index in [1.165, 1.54) is 5.56 Å². The first-order chi connectivity index (χ1) is 11.0. The second-order valence-corrected chi connectivity index (χ2v) is 6.58. The van der Waals surface area contributed by atoms with Gasteiger partial charge in [0, 0.05) is 10.0 Å². The number of carbonyl (C=O) groups excluding carboxylic acids is 1. The highest BCUT2D eigenvalue weighted by atomic mass is 79.9. The van der Waals surface area contributed by atoms with E-state index in [9.17, 15) is 4.79 Å². The van der Waals surface area contributed by atoms with Crippen LogP contribution in [0.25, 0.3) is 6.08 Å². The van der Waals surface area contributed by atoms with Gasteiger partial charge in [-0.25, -0.2) is 9.79 Å². The van der Waals surface area contributed by atoms with Crippen molar-refractivity contribution in [3.63, 3.8) is 0 Å². The Labute approximate surface area is 143 Å². The van der Waals surface area contributed by atoms with E-state index in [0.29, 0.717) is 17.5 Å². The quantitative estimate of drug-likeness (QED) is 0.568. The molecule has 0 aromatic heterocycles. The summed E-state index contributed by atoms with van der Waals surface area (Å²) in [4.78, 5) is 16.3. The Balaban J connectivity index is 1.88. The minimum absolute atomic E-state index is 0.317. The van der Waals surface area contributed by atoms with Gasteiger partial charge in [0.2, 0.25) is 5.90 Å². The number of ether oxygens (including phenoxy) is 1. The van der Waals surface area contributed by atoms with E-state index in [-0.39, 0.29) is 0 Å². The van der Waals surface area contributed by atoms with Crippen LogP contribution in [-0.2, 0) is 9.53 Å². The summed E-state index contributed by atoms with van der Waals surface area (Å²) < 4.78 is 6.18. The maximum absolute atomic E-state index is 12.0. The number of cyclic esters (lactones) is 1. The molecule has 0 spiro atoms. The molecule has 2 aromatic rings. The number of hydrogen-bond acceptors (Lipinski definition) is 3. The van der Waals surface area contributed by atoms with Crippen LogP contribution in [0.4, 0.5) is 0 Å². The van der Waals surface area contributed by atoms with Gasteiger partial charge in [0.15, 0.2) is 5.70 Å². The van der Waals surface area contributed by atoms with Crippen LogP contribution in [0.1, 0.15) is 36.5 Å². The number of halogens is 1. The monoisotopic (exact) mass is 369 g/mol. The fourth-order valence-corrected chi connectivity index (χ4v) is 2.69. The van der Waals surface area contributed by atoms with Crippen LogP contribution in [0.5, 0.6) is 0 Å². The van der Waals surface area contributed by atoms with Gasteiger partial charge in [0.25, 0.3) is 0 Å². The normalized spacial score (nSPS) is 15.9. The topological polar surface area (TPSA) is 38.7 Å². The summed E-state index contributed by atoms with van der Waals surface area (Å²) >= 11 is 3.40. The molecule has 3 rings (SSSR count). The third-order valence-electron chi connectivity index (χ3n) is 3.60. The highest BCUT2D eigenvalue weighted by Crippen LogP contribution is 2.22. The van der Waals surface area contributed by atoms with Gasteiger partial charge in [-0.3, -0.25) is 0 Å². The molecule has 0 bridgehead atoms. The number of aliphatic imine (C=N–C) groups is 1. The van der Waals surface area contributed by atoms with Gasteiger partial charge in [-0.2, -0.15) is 0 Å². The molecular weight excluding hydrogens is 354 g/mol. The van der Waals surface area contributed by atoms with E-state index in [1.54, 1.807) is 6.08 Å². The average Bonchev–Trinajstić information content (AvgIpc) is 2.89. The number of esters is 1. The van der Waals surface area contributed by atoms with E-state index in [1.807, 2.05) is 36.4 Å². The van der Waals surface area contributed by atoms with Crippen molar-refractivity contribution in [1.29, 1.82) is 0 Å². The van der Waals surface area contributed by atoms with Gasteiger partial charge in [0.05, 0.1) is 0 Å². The van der Waals surface area contributed by atoms with E-state index in [2.05, 4.69) is 46.9 Å². The predicted octanol–water partition coefficient (Wildman–Crippen LogP) is 4.92. The summed E-state index contributed by atoms with van der Waals surface area (Å²) in [6, 6.07) is 15.6. The molecule has 116 valence electrons. The van der Waals surface area contributed by atoms with E-state index >= 15 is 0 Å². The second kappa shape index (κ2) is 6.50. The first-order valence-corrected chi connectivity index (χ1v) is 8.21. The van der Waals surface area contributed by atoms with Gasteiger partial charge < -0.3 is 4.74 Å². The molecule has 0 saturated heterocycles. The van der Waals surface area contributed by atoms with Gasteiger partial charge in [-0.15, -0.1) is 0 Å². The van der Waals surface area contributed by atoms with Crippen molar-refractivity contribution in [3.8, 4) is 0 Å². The summed E-state index contributed by atoms with van der Waals surface area (Å²) in [5.41, 5.74) is 3.28. The minimum atomic E-state index is -0.423. The van der Waals surface area contributed by atoms with Gasteiger partial charge in [-0.1, -0.05) is 60.1 Å². The first-order valence-electron chi connectivity index (χ1n) is 7.41. The molecule has 0 N–H and O–H groups in total. The molecule has 3 nitrogen and oxygen atoms in total. The standard InChI is InChI=1S/C19H16BrNO2/c1-12(2)14-8-6-13(7-9-14)10-17-19(22)23-18(21-17)15-4-3-5-16(20)11-15/h3-12H,1-2H3/b17-10-. The lowest BCUT2D eigenvalue weighted by Gasteiger charge is -2.04. The summed E-state index contributed by atoms with van der Waals surface area (Å²) in [7, 11) is 0. The lowest BCUT2D eigenvalue weighted by molar-refractivity contribution is -0.129. The zero-order chi connectivity index (χ0) is 16.4. The Bertz CT molecular complexity index is 804. The zero-order valence-electron chi connectivity index (χ0n) is 12.9.